The minimum absolute atomic E-state index is 0.105. The first kappa shape index (κ1) is 33.9. The molecule has 1 saturated heterocycles. The second-order valence-electron chi connectivity index (χ2n) is 13.4. The van der Waals surface area contributed by atoms with Crippen LogP contribution in [0.25, 0.3) is 11.3 Å². The molecular weight excluding hydrogens is 630 g/mol. The standard InChI is InChI=1S/C32H41N5O9S/c1-6-21-15-32(21,29(40)36-47(42,43)22-10-11-22)35-27(38)24-14-19(16-37(24)28(39)26(31(2,3)4)34-30(41)44-5)17-46-25-9-7-8-23(33-25)20-12-13-45-18-20/h6-9,12-13,18-19,21-22,24,26H,1,10-11,14-17H2,2-5H3,(H,34,41)(H,35,38)(H,36,40)/t19-,21-,24+,26-,32-/m1/s1. The molecule has 15 heteroatoms. The van der Waals surface area contributed by atoms with E-state index in [0.29, 0.717) is 24.4 Å². The number of amides is 4. The number of likely N-dealkylation sites (tertiary alicyclic amines) is 1. The number of nitrogens with one attached hydrogen (secondary N) is 3. The first-order valence-corrected chi connectivity index (χ1v) is 17.0. The fraction of sp³-hybridized carbons (Fsp3) is 0.531. The lowest BCUT2D eigenvalue weighted by Gasteiger charge is -2.35. The molecule has 2 saturated carbocycles. The maximum Gasteiger partial charge on any atom is 0.407 e. The molecular formula is C32H41N5O9S. The molecule has 4 amide bonds. The van der Waals surface area contributed by atoms with E-state index in [0.717, 1.165) is 5.56 Å². The largest absolute Gasteiger partial charge is 0.477 e. The molecule has 5 atom stereocenters. The molecule has 2 aromatic rings. The zero-order valence-corrected chi connectivity index (χ0v) is 27.7. The third kappa shape index (κ3) is 7.45. The molecule has 0 radical (unpaired) electrons. The molecule has 0 bridgehead atoms. The Balaban J connectivity index is 1.36. The Hall–Kier alpha value is -4.40. The van der Waals surface area contributed by atoms with Gasteiger partial charge in [-0.3, -0.25) is 19.1 Å². The molecule has 0 unspecified atom stereocenters. The number of methoxy groups -OCH3 is 1. The highest BCUT2D eigenvalue weighted by Gasteiger charge is 2.62. The lowest BCUT2D eigenvalue weighted by molar-refractivity contribution is -0.142. The van der Waals surface area contributed by atoms with Crippen molar-refractivity contribution in [3.8, 4) is 17.1 Å². The summed E-state index contributed by atoms with van der Waals surface area (Å²) in [6.07, 6.45) is 5.06. The van der Waals surface area contributed by atoms with Crippen LogP contribution in [0, 0.1) is 17.3 Å². The minimum Gasteiger partial charge on any atom is -0.477 e. The summed E-state index contributed by atoms with van der Waals surface area (Å²) in [7, 11) is -2.68. The monoisotopic (exact) mass is 671 g/mol. The summed E-state index contributed by atoms with van der Waals surface area (Å²) in [5.41, 5.74) is -0.861. The van der Waals surface area contributed by atoms with Crippen LogP contribution in [0.2, 0.25) is 0 Å². The van der Waals surface area contributed by atoms with Crippen LogP contribution in [0.3, 0.4) is 0 Å². The molecule has 0 spiro atoms. The van der Waals surface area contributed by atoms with E-state index < -0.39 is 68.0 Å². The van der Waals surface area contributed by atoms with Gasteiger partial charge in [-0.05, 0) is 43.2 Å². The number of furan rings is 1. The Kier molecular flexibility index (Phi) is 9.40. The van der Waals surface area contributed by atoms with Crippen LogP contribution in [-0.2, 0) is 29.1 Å². The van der Waals surface area contributed by atoms with Gasteiger partial charge in [-0.15, -0.1) is 6.58 Å². The van der Waals surface area contributed by atoms with Crippen LogP contribution in [0.1, 0.15) is 46.5 Å². The molecule has 3 aliphatic rings. The first-order chi connectivity index (χ1) is 22.2. The van der Waals surface area contributed by atoms with E-state index in [1.165, 1.54) is 18.1 Å². The molecule has 1 aliphatic heterocycles. The third-order valence-electron chi connectivity index (χ3n) is 8.79. The lowest BCUT2D eigenvalue weighted by atomic mass is 9.85. The van der Waals surface area contributed by atoms with Crippen LogP contribution in [-0.4, -0.2) is 85.3 Å². The maximum atomic E-state index is 14.1. The smallest absolute Gasteiger partial charge is 0.407 e. The Morgan fingerprint density at radius 3 is 2.55 bits per heavy atom. The molecule has 2 aliphatic carbocycles. The van der Waals surface area contributed by atoms with Crippen molar-refractivity contribution in [2.75, 3.05) is 20.3 Å². The van der Waals surface area contributed by atoms with Gasteiger partial charge in [0.05, 0.1) is 37.2 Å². The zero-order chi connectivity index (χ0) is 34.1. The van der Waals surface area contributed by atoms with Gasteiger partial charge in [-0.2, -0.15) is 0 Å². The van der Waals surface area contributed by atoms with Gasteiger partial charge in [0.25, 0.3) is 5.91 Å². The minimum atomic E-state index is -3.87. The topological polar surface area (TPSA) is 186 Å². The summed E-state index contributed by atoms with van der Waals surface area (Å²) >= 11 is 0. The summed E-state index contributed by atoms with van der Waals surface area (Å²) in [5.74, 6) is -2.47. The summed E-state index contributed by atoms with van der Waals surface area (Å²) < 4.78 is 43.2. The van der Waals surface area contributed by atoms with Crippen molar-refractivity contribution in [2.45, 2.75) is 69.3 Å². The average molecular weight is 672 g/mol. The fourth-order valence-corrected chi connectivity index (χ4v) is 7.18. The Morgan fingerprint density at radius 1 is 1.21 bits per heavy atom. The van der Waals surface area contributed by atoms with E-state index in [1.54, 1.807) is 51.5 Å². The normalized spacial score (nSPS) is 24.5. The summed E-state index contributed by atoms with van der Waals surface area (Å²) in [6.45, 7) is 9.27. The van der Waals surface area contributed by atoms with E-state index in [9.17, 15) is 27.6 Å². The van der Waals surface area contributed by atoms with Crippen molar-refractivity contribution in [1.82, 2.24) is 25.2 Å². The zero-order valence-electron chi connectivity index (χ0n) is 26.9. The SMILES string of the molecule is C=C[C@@H]1C[C@]1(NC(=O)[C@@H]1C[C@@H](COc2cccc(-c3ccoc3)n2)CN1C(=O)[C@@H](NC(=O)OC)C(C)(C)C)C(=O)NS(=O)(=O)C1CC1. The van der Waals surface area contributed by atoms with Crippen molar-refractivity contribution in [1.29, 1.82) is 0 Å². The van der Waals surface area contributed by atoms with Gasteiger partial charge < -0.3 is 29.4 Å². The second-order valence-corrected chi connectivity index (χ2v) is 15.4. The number of sulfonamides is 1. The predicted molar refractivity (Wildman–Crippen MR) is 169 cm³/mol. The quantitative estimate of drug-likeness (QED) is 0.283. The van der Waals surface area contributed by atoms with E-state index in [2.05, 4.69) is 26.9 Å². The highest BCUT2D eigenvalue weighted by atomic mass is 32.2. The number of pyridine rings is 1. The van der Waals surface area contributed by atoms with Gasteiger partial charge >= 0.3 is 6.09 Å². The number of hydrogen-bond acceptors (Lipinski definition) is 10. The molecule has 47 heavy (non-hydrogen) atoms. The first-order valence-electron chi connectivity index (χ1n) is 15.5. The number of ether oxygens (including phenoxy) is 2. The molecule has 2 aromatic heterocycles. The second kappa shape index (κ2) is 13.0. The fourth-order valence-electron chi connectivity index (χ4n) is 5.82. The van der Waals surface area contributed by atoms with Crippen molar-refractivity contribution < 1.29 is 41.5 Å². The van der Waals surface area contributed by atoms with Crippen LogP contribution in [0.4, 0.5) is 4.79 Å². The molecule has 3 heterocycles. The summed E-state index contributed by atoms with van der Waals surface area (Å²) in [4.78, 5) is 59.5. The number of carbonyl (C=O) groups excluding carboxylic acids is 4. The highest BCUT2D eigenvalue weighted by Crippen LogP contribution is 2.45. The Labute approximate surface area is 273 Å². The lowest BCUT2D eigenvalue weighted by Crippen LogP contribution is -2.60. The maximum absolute atomic E-state index is 14.1. The molecule has 3 fully saturated rings. The predicted octanol–water partition coefficient (Wildman–Crippen LogP) is 2.38. The summed E-state index contributed by atoms with van der Waals surface area (Å²) in [6, 6.07) is 4.96. The molecule has 14 nitrogen and oxygen atoms in total. The summed E-state index contributed by atoms with van der Waals surface area (Å²) in [5, 5.41) is 4.74. The highest BCUT2D eigenvalue weighted by molar-refractivity contribution is 7.91. The molecule has 254 valence electrons. The van der Waals surface area contributed by atoms with Gasteiger partial charge in [0.15, 0.2) is 0 Å². The number of aromatic nitrogens is 1. The van der Waals surface area contributed by atoms with Gasteiger partial charge in [-0.25, -0.2) is 18.2 Å². The van der Waals surface area contributed by atoms with Gasteiger partial charge in [-0.1, -0.05) is 32.9 Å². The van der Waals surface area contributed by atoms with Crippen molar-refractivity contribution >= 4 is 33.8 Å². The number of nitrogens with zero attached hydrogens (tertiary/aromatic N) is 2. The average Bonchev–Trinajstić information content (AvgIpc) is 3.89. The molecule has 3 N–H and O–H groups in total. The van der Waals surface area contributed by atoms with E-state index in [4.69, 9.17) is 13.9 Å². The van der Waals surface area contributed by atoms with Crippen molar-refractivity contribution in [2.24, 2.45) is 17.3 Å². The van der Waals surface area contributed by atoms with Gasteiger partial charge in [0.2, 0.25) is 27.7 Å². The van der Waals surface area contributed by atoms with Crippen LogP contribution < -0.4 is 20.1 Å². The van der Waals surface area contributed by atoms with Crippen molar-refractivity contribution in [3.63, 3.8) is 0 Å². The van der Waals surface area contributed by atoms with E-state index >= 15 is 0 Å². The number of alkyl carbamates (subject to hydrolysis) is 1. The van der Waals surface area contributed by atoms with E-state index in [-0.39, 0.29) is 31.9 Å². The molecule has 0 aromatic carbocycles. The number of rotatable bonds is 12. The third-order valence-corrected chi connectivity index (χ3v) is 10.6. The molecule has 5 rings (SSSR count). The van der Waals surface area contributed by atoms with Gasteiger partial charge in [0, 0.05) is 30.0 Å². The number of carbonyl (C=O) groups is 4. The van der Waals surface area contributed by atoms with Crippen LogP contribution >= 0.6 is 0 Å². The Bertz CT molecular complexity index is 1630. The number of hydrogen-bond donors (Lipinski definition) is 3. The van der Waals surface area contributed by atoms with Crippen molar-refractivity contribution in [3.05, 3.63) is 49.4 Å². The van der Waals surface area contributed by atoms with Crippen LogP contribution in [0.5, 0.6) is 5.88 Å². The van der Waals surface area contributed by atoms with E-state index in [1.807, 2.05) is 6.07 Å². The van der Waals surface area contributed by atoms with Gasteiger partial charge in [0.1, 0.15) is 17.6 Å². The van der Waals surface area contributed by atoms with Crippen LogP contribution in [0.15, 0.2) is 53.9 Å². The Morgan fingerprint density at radius 2 is 1.96 bits per heavy atom.